The van der Waals surface area contributed by atoms with E-state index in [2.05, 4.69) is 4.98 Å². The van der Waals surface area contributed by atoms with Crippen LogP contribution in [0.3, 0.4) is 0 Å². The molecule has 6 nitrogen and oxygen atoms in total. The molecule has 0 unspecified atom stereocenters. The molecule has 0 amide bonds. The number of anilines is 2. The Morgan fingerprint density at radius 2 is 1.68 bits per heavy atom. The van der Waals surface area contributed by atoms with E-state index in [0.717, 1.165) is 10.3 Å². The molecular formula is C16H16N4O2. The van der Waals surface area contributed by atoms with Gasteiger partial charge in [-0.2, -0.15) is 0 Å². The van der Waals surface area contributed by atoms with Gasteiger partial charge < -0.3 is 4.90 Å². The van der Waals surface area contributed by atoms with Gasteiger partial charge in [0.25, 0.3) is 5.56 Å². The third-order valence-electron chi connectivity index (χ3n) is 3.82. The van der Waals surface area contributed by atoms with Crippen LogP contribution in [-0.2, 0) is 14.1 Å². The molecule has 0 spiro atoms. The highest BCUT2D eigenvalue weighted by Crippen LogP contribution is 2.27. The SMILES string of the molecule is CN(c1ccccc1)c1ccnc2c1c(=O)n(C)c(=O)n2C. The number of benzene rings is 1. The molecule has 0 radical (unpaired) electrons. The number of aryl methyl sites for hydroxylation is 1. The highest BCUT2D eigenvalue weighted by Gasteiger charge is 2.16. The Bertz CT molecular complexity index is 958. The third kappa shape index (κ3) is 2.00. The van der Waals surface area contributed by atoms with Crippen LogP contribution in [0.5, 0.6) is 0 Å². The Balaban J connectivity index is 2.37. The van der Waals surface area contributed by atoms with E-state index >= 15 is 0 Å². The van der Waals surface area contributed by atoms with E-state index in [1.807, 2.05) is 42.3 Å². The Kier molecular flexibility index (Phi) is 3.29. The fraction of sp³-hybridized carbons (Fsp3) is 0.188. The maximum absolute atomic E-state index is 12.5. The van der Waals surface area contributed by atoms with Crippen molar-refractivity contribution in [2.24, 2.45) is 14.1 Å². The summed E-state index contributed by atoms with van der Waals surface area (Å²) in [4.78, 5) is 30.7. The van der Waals surface area contributed by atoms with Gasteiger partial charge in [-0.3, -0.25) is 13.9 Å². The number of hydrogen-bond donors (Lipinski definition) is 0. The molecule has 0 atom stereocenters. The zero-order valence-corrected chi connectivity index (χ0v) is 12.6. The van der Waals surface area contributed by atoms with Crippen LogP contribution in [0, 0.1) is 0 Å². The smallest absolute Gasteiger partial charge is 0.332 e. The summed E-state index contributed by atoms with van der Waals surface area (Å²) in [6.07, 6.45) is 1.61. The minimum Gasteiger partial charge on any atom is -0.344 e. The van der Waals surface area contributed by atoms with Gasteiger partial charge >= 0.3 is 5.69 Å². The fourth-order valence-corrected chi connectivity index (χ4v) is 2.54. The fourth-order valence-electron chi connectivity index (χ4n) is 2.54. The van der Waals surface area contributed by atoms with Crippen LogP contribution in [0.15, 0.2) is 52.2 Å². The molecular weight excluding hydrogens is 280 g/mol. The lowest BCUT2D eigenvalue weighted by molar-refractivity contribution is 0.707. The molecule has 0 saturated heterocycles. The van der Waals surface area contributed by atoms with Crippen LogP contribution in [0.2, 0.25) is 0 Å². The molecule has 3 rings (SSSR count). The van der Waals surface area contributed by atoms with Crippen LogP contribution >= 0.6 is 0 Å². The number of fused-ring (bicyclic) bond motifs is 1. The topological polar surface area (TPSA) is 60.1 Å². The second-order valence-corrected chi connectivity index (χ2v) is 5.13. The van der Waals surface area contributed by atoms with Gasteiger partial charge in [0.15, 0.2) is 5.65 Å². The molecule has 2 heterocycles. The van der Waals surface area contributed by atoms with Crippen LogP contribution in [0.4, 0.5) is 11.4 Å². The molecule has 112 valence electrons. The third-order valence-corrected chi connectivity index (χ3v) is 3.82. The van der Waals surface area contributed by atoms with Gasteiger partial charge in [-0.05, 0) is 18.2 Å². The second-order valence-electron chi connectivity index (χ2n) is 5.13. The van der Waals surface area contributed by atoms with Crippen molar-refractivity contribution >= 4 is 22.4 Å². The standard InChI is InChI=1S/C16H16N4O2/c1-18(11-7-5-4-6-8-11)12-9-10-17-14-13(12)15(21)20(3)16(22)19(14)2/h4-10H,1-3H3. The van der Waals surface area contributed by atoms with Gasteiger partial charge in [-0.1, -0.05) is 18.2 Å². The highest BCUT2D eigenvalue weighted by molar-refractivity contribution is 5.90. The second kappa shape index (κ2) is 5.14. The van der Waals surface area contributed by atoms with Crippen molar-refractivity contribution in [3.05, 3.63) is 63.4 Å². The van der Waals surface area contributed by atoms with E-state index in [-0.39, 0.29) is 11.2 Å². The van der Waals surface area contributed by atoms with Gasteiger partial charge in [0.1, 0.15) is 5.39 Å². The lowest BCUT2D eigenvalue weighted by Gasteiger charge is -2.21. The minimum atomic E-state index is -0.385. The number of pyridine rings is 1. The maximum atomic E-state index is 12.5. The summed E-state index contributed by atoms with van der Waals surface area (Å²) in [7, 11) is 4.97. The highest BCUT2D eigenvalue weighted by atomic mass is 16.2. The Morgan fingerprint density at radius 3 is 2.36 bits per heavy atom. The number of aromatic nitrogens is 3. The molecule has 0 aliphatic heterocycles. The molecule has 0 fully saturated rings. The largest absolute Gasteiger partial charge is 0.344 e. The van der Waals surface area contributed by atoms with E-state index in [0.29, 0.717) is 16.7 Å². The number of rotatable bonds is 2. The number of nitrogens with zero attached hydrogens (tertiary/aromatic N) is 4. The summed E-state index contributed by atoms with van der Waals surface area (Å²) < 4.78 is 2.49. The Morgan fingerprint density at radius 1 is 1.00 bits per heavy atom. The minimum absolute atomic E-state index is 0.344. The van der Waals surface area contributed by atoms with Crippen LogP contribution in [-0.4, -0.2) is 21.2 Å². The van der Waals surface area contributed by atoms with Crippen molar-refractivity contribution in [1.82, 2.24) is 14.1 Å². The summed E-state index contributed by atoms with van der Waals surface area (Å²) >= 11 is 0. The first-order valence-corrected chi connectivity index (χ1v) is 6.86. The molecule has 0 saturated carbocycles. The molecule has 22 heavy (non-hydrogen) atoms. The van der Waals surface area contributed by atoms with Gasteiger partial charge in [-0.15, -0.1) is 0 Å². The summed E-state index contributed by atoms with van der Waals surface area (Å²) in [5.41, 5.74) is 1.32. The summed E-state index contributed by atoms with van der Waals surface area (Å²) in [6, 6.07) is 11.5. The van der Waals surface area contributed by atoms with E-state index in [9.17, 15) is 9.59 Å². The van der Waals surface area contributed by atoms with Gasteiger partial charge in [0.2, 0.25) is 0 Å². The quantitative estimate of drug-likeness (QED) is 0.717. The van der Waals surface area contributed by atoms with E-state index in [1.165, 1.54) is 11.6 Å². The number of para-hydroxylation sites is 1. The molecule has 0 aliphatic carbocycles. The lowest BCUT2D eigenvalue weighted by Crippen LogP contribution is -2.37. The van der Waals surface area contributed by atoms with E-state index in [1.54, 1.807) is 19.3 Å². The first-order valence-electron chi connectivity index (χ1n) is 6.86. The average molecular weight is 296 g/mol. The van der Waals surface area contributed by atoms with Crippen molar-refractivity contribution in [3.8, 4) is 0 Å². The zero-order valence-electron chi connectivity index (χ0n) is 12.6. The predicted molar refractivity (Wildman–Crippen MR) is 86.7 cm³/mol. The number of hydrogen-bond acceptors (Lipinski definition) is 4. The van der Waals surface area contributed by atoms with Crippen LogP contribution in [0.25, 0.3) is 11.0 Å². The molecule has 1 aromatic carbocycles. The average Bonchev–Trinajstić information content (AvgIpc) is 2.57. The van der Waals surface area contributed by atoms with E-state index < -0.39 is 0 Å². The van der Waals surface area contributed by atoms with Gasteiger partial charge in [0.05, 0.1) is 5.69 Å². The van der Waals surface area contributed by atoms with Crippen molar-refractivity contribution in [2.45, 2.75) is 0 Å². The molecule has 3 aromatic rings. The predicted octanol–water partition coefficient (Wildman–Crippen LogP) is 1.40. The van der Waals surface area contributed by atoms with Crippen molar-refractivity contribution in [1.29, 1.82) is 0 Å². The zero-order chi connectivity index (χ0) is 15.9. The molecule has 6 heteroatoms. The van der Waals surface area contributed by atoms with E-state index in [4.69, 9.17) is 0 Å². The molecule has 0 aliphatic rings. The summed E-state index contributed by atoms with van der Waals surface area (Å²) in [5, 5.41) is 0.429. The van der Waals surface area contributed by atoms with Crippen molar-refractivity contribution in [2.75, 3.05) is 11.9 Å². The van der Waals surface area contributed by atoms with Crippen LogP contribution in [0.1, 0.15) is 0 Å². The molecule has 0 N–H and O–H groups in total. The van der Waals surface area contributed by atoms with Crippen molar-refractivity contribution < 1.29 is 0 Å². The summed E-state index contributed by atoms with van der Waals surface area (Å²) in [5.74, 6) is 0. The monoisotopic (exact) mass is 296 g/mol. The Labute approximate surface area is 126 Å². The van der Waals surface area contributed by atoms with Crippen molar-refractivity contribution in [3.63, 3.8) is 0 Å². The van der Waals surface area contributed by atoms with Gasteiger partial charge in [-0.25, -0.2) is 9.78 Å². The molecule has 0 bridgehead atoms. The summed E-state index contributed by atoms with van der Waals surface area (Å²) in [6.45, 7) is 0. The first-order chi connectivity index (χ1) is 10.5. The first kappa shape index (κ1) is 14.1. The van der Waals surface area contributed by atoms with Crippen LogP contribution < -0.4 is 16.1 Å². The maximum Gasteiger partial charge on any atom is 0.332 e. The normalized spacial score (nSPS) is 10.9. The van der Waals surface area contributed by atoms with Gasteiger partial charge in [0, 0.05) is 33.0 Å². The lowest BCUT2D eigenvalue weighted by atomic mass is 10.2. The Hall–Kier alpha value is -2.89. The molecule has 2 aromatic heterocycles.